The van der Waals surface area contributed by atoms with Gasteiger partial charge in [0.1, 0.15) is 12.6 Å². The molecule has 168 valence electrons. The van der Waals surface area contributed by atoms with E-state index in [1.54, 1.807) is 42.5 Å². The van der Waals surface area contributed by atoms with Crippen molar-refractivity contribution in [3.8, 4) is 11.5 Å². The van der Waals surface area contributed by atoms with Gasteiger partial charge in [-0.1, -0.05) is 35.3 Å². The lowest BCUT2D eigenvalue weighted by molar-refractivity contribution is -0.148. The minimum Gasteiger partial charge on any atom is -0.493 e. The number of methoxy groups -OCH3 is 2. The highest BCUT2D eigenvalue weighted by Gasteiger charge is 2.41. The van der Waals surface area contributed by atoms with Gasteiger partial charge in [0.2, 0.25) is 0 Å². The Balaban J connectivity index is 1.77. The summed E-state index contributed by atoms with van der Waals surface area (Å²) in [6, 6.07) is 9.31. The minimum absolute atomic E-state index is 0.192. The number of amides is 2. The molecule has 10 heteroatoms. The molecule has 0 radical (unpaired) electrons. The summed E-state index contributed by atoms with van der Waals surface area (Å²) in [5.74, 6) is -0.292. The normalized spacial score (nSPS) is 15.8. The summed E-state index contributed by atoms with van der Waals surface area (Å²) in [6.45, 7) is 1.69. The molecule has 0 aromatic heterocycles. The monoisotopic (exact) mass is 495 g/mol. The zero-order valence-corrected chi connectivity index (χ0v) is 19.7. The Kier molecular flexibility index (Phi) is 7.71. The molecule has 7 nitrogen and oxygen atoms in total. The maximum atomic E-state index is 12.6. The van der Waals surface area contributed by atoms with Gasteiger partial charge in [-0.3, -0.25) is 14.5 Å². The van der Waals surface area contributed by atoms with Crippen molar-refractivity contribution < 1.29 is 28.6 Å². The van der Waals surface area contributed by atoms with Crippen LogP contribution in [0.2, 0.25) is 10.0 Å². The summed E-state index contributed by atoms with van der Waals surface area (Å²) in [5, 5.41) is 0.362. The SMILES string of the molecule is COC(=O)[C@@H](C)N1C(=O)S/C(=C/c2ccc(OCc3ccc(Cl)c(Cl)c3)c(OC)c2)C1=O. The van der Waals surface area contributed by atoms with Crippen molar-refractivity contribution in [2.45, 2.75) is 19.6 Å². The van der Waals surface area contributed by atoms with Crippen LogP contribution in [0.25, 0.3) is 6.08 Å². The quantitative estimate of drug-likeness (QED) is 0.386. The van der Waals surface area contributed by atoms with Gasteiger partial charge in [0.15, 0.2) is 11.5 Å². The minimum atomic E-state index is -1.01. The van der Waals surface area contributed by atoms with E-state index in [1.807, 2.05) is 0 Å². The molecule has 0 unspecified atom stereocenters. The largest absolute Gasteiger partial charge is 0.493 e. The first kappa shape index (κ1) is 24.0. The van der Waals surface area contributed by atoms with E-state index >= 15 is 0 Å². The van der Waals surface area contributed by atoms with Crippen LogP contribution >= 0.6 is 35.0 Å². The zero-order chi connectivity index (χ0) is 23.4. The van der Waals surface area contributed by atoms with Gasteiger partial charge in [-0.25, -0.2) is 4.79 Å². The van der Waals surface area contributed by atoms with E-state index in [9.17, 15) is 14.4 Å². The van der Waals surface area contributed by atoms with Crippen molar-refractivity contribution in [2.24, 2.45) is 0 Å². The number of carbonyl (C=O) groups is 3. The molecule has 1 atom stereocenters. The van der Waals surface area contributed by atoms with Gasteiger partial charge >= 0.3 is 5.97 Å². The van der Waals surface area contributed by atoms with Crippen LogP contribution in [0.3, 0.4) is 0 Å². The molecule has 0 aliphatic carbocycles. The number of thioether (sulfide) groups is 1. The maximum Gasteiger partial charge on any atom is 0.328 e. The Morgan fingerprint density at radius 1 is 1.09 bits per heavy atom. The van der Waals surface area contributed by atoms with E-state index < -0.39 is 23.2 Å². The second-order valence-corrected chi connectivity index (χ2v) is 8.51. The van der Waals surface area contributed by atoms with Crippen LogP contribution in [-0.2, 0) is 20.9 Å². The molecule has 2 aromatic carbocycles. The predicted molar refractivity (Wildman–Crippen MR) is 123 cm³/mol. The average molecular weight is 496 g/mol. The third-order valence-electron chi connectivity index (χ3n) is 4.62. The standard InChI is InChI=1S/C22H19Cl2NO6S/c1-12(21(27)30-3)25-20(26)19(32-22(25)28)10-13-5-7-17(18(9-13)29-2)31-11-14-4-6-15(23)16(24)8-14/h4-10,12H,11H2,1-3H3/b19-10+/t12-/m1/s1. The number of carbonyl (C=O) groups excluding carboxylic acids is 3. The smallest absolute Gasteiger partial charge is 0.328 e. The summed E-state index contributed by atoms with van der Waals surface area (Å²) in [7, 11) is 2.70. The number of benzene rings is 2. The van der Waals surface area contributed by atoms with Crippen LogP contribution in [-0.4, -0.2) is 42.3 Å². The van der Waals surface area contributed by atoms with Crippen LogP contribution < -0.4 is 9.47 Å². The molecule has 1 aliphatic rings. The first-order valence-corrected chi connectivity index (χ1v) is 10.9. The second kappa shape index (κ2) is 10.3. The van der Waals surface area contributed by atoms with Crippen molar-refractivity contribution in [2.75, 3.05) is 14.2 Å². The fourth-order valence-electron chi connectivity index (χ4n) is 2.92. The van der Waals surface area contributed by atoms with Crippen LogP contribution in [0, 0.1) is 0 Å². The van der Waals surface area contributed by atoms with Crippen molar-refractivity contribution in [3.05, 3.63) is 62.5 Å². The molecule has 0 spiro atoms. The molecular weight excluding hydrogens is 477 g/mol. The number of halogens is 2. The van der Waals surface area contributed by atoms with Crippen LogP contribution in [0.1, 0.15) is 18.1 Å². The molecule has 3 rings (SSSR count). The molecule has 1 fully saturated rings. The molecule has 1 saturated heterocycles. The van der Waals surface area contributed by atoms with Crippen molar-refractivity contribution in [1.29, 1.82) is 0 Å². The van der Waals surface area contributed by atoms with Crippen molar-refractivity contribution in [1.82, 2.24) is 4.90 Å². The second-order valence-electron chi connectivity index (χ2n) is 6.70. The molecule has 0 bridgehead atoms. The van der Waals surface area contributed by atoms with Gasteiger partial charge in [-0.15, -0.1) is 0 Å². The number of nitrogens with zero attached hydrogens (tertiary/aromatic N) is 1. The van der Waals surface area contributed by atoms with E-state index in [2.05, 4.69) is 4.74 Å². The topological polar surface area (TPSA) is 82.1 Å². The predicted octanol–water partition coefficient (Wildman–Crippen LogP) is 5.18. The van der Waals surface area contributed by atoms with Crippen LogP contribution in [0.4, 0.5) is 4.79 Å². The van der Waals surface area contributed by atoms with Gasteiger partial charge in [0, 0.05) is 0 Å². The molecule has 1 aliphatic heterocycles. The number of esters is 1. The number of hydrogen-bond acceptors (Lipinski definition) is 7. The van der Waals surface area contributed by atoms with Gasteiger partial charge in [0.05, 0.1) is 29.2 Å². The molecule has 2 aromatic rings. The highest BCUT2D eigenvalue weighted by atomic mass is 35.5. The number of ether oxygens (including phenoxy) is 3. The lowest BCUT2D eigenvalue weighted by Gasteiger charge is -2.18. The molecular formula is C22H19Cl2NO6S. The first-order valence-electron chi connectivity index (χ1n) is 9.34. The van der Waals surface area contributed by atoms with E-state index in [0.29, 0.717) is 27.1 Å². The highest BCUT2D eigenvalue weighted by molar-refractivity contribution is 8.18. The van der Waals surface area contributed by atoms with Gasteiger partial charge < -0.3 is 14.2 Å². The van der Waals surface area contributed by atoms with E-state index in [4.69, 9.17) is 32.7 Å². The lowest BCUT2D eigenvalue weighted by Crippen LogP contribution is -2.42. The lowest BCUT2D eigenvalue weighted by atomic mass is 10.1. The van der Waals surface area contributed by atoms with Crippen molar-refractivity contribution in [3.63, 3.8) is 0 Å². The van der Waals surface area contributed by atoms with Crippen LogP contribution in [0.15, 0.2) is 41.3 Å². The van der Waals surface area contributed by atoms with E-state index in [1.165, 1.54) is 21.1 Å². The molecule has 0 N–H and O–H groups in total. The third kappa shape index (κ3) is 5.20. The fourth-order valence-corrected chi connectivity index (χ4v) is 4.15. The Morgan fingerprint density at radius 3 is 2.50 bits per heavy atom. The zero-order valence-electron chi connectivity index (χ0n) is 17.4. The Labute approximate surface area is 199 Å². The average Bonchev–Trinajstić information content (AvgIpc) is 3.06. The number of imide groups is 1. The Bertz CT molecular complexity index is 1100. The number of hydrogen-bond donors (Lipinski definition) is 0. The van der Waals surface area contributed by atoms with Gasteiger partial charge in [-0.05, 0) is 60.2 Å². The molecule has 0 saturated carbocycles. The number of rotatable bonds is 7. The summed E-state index contributed by atoms with van der Waals surface area (Å²) in [6.07, 6.45) is 1.56. The third-order valence-corrected chi connectivity index (χ3v) is 6.24. The highest BCUT2D eigenvalue weighted by Crippen LogP contribution is 2.36. The Hall–Kier alpha value is -2.68. The fraction of sp³-hybridized carbons (Fsp3) is 0.227. The molecule has 2 amide bonds. The van der Waals surface area contributed by atoms with Crippen LogP contribution in [0.5, 0.6) is 11.5 Å². The summed E-state index contributed by atoms with van der Waals surface area (Å²) in [5.41, 5.74) is 1.46. The first-order chi connectivity index (χ1) is 15.2. The van der Waals surface area contributed by atoms with Crippen molar-refractivity contribution >= 4 is 58.2 Å². The molecule has 32 heavy (non-hydrogen) atoms. The van der Waals surface area contributed by atoms with Gasteiger partial charge in [0.25, 0.3) is 11.1 Å². The summed E-state index contributed by atoms with van der Waals surface area (Å²) >= 11 is 12.7. The van der Waals surface area contributed by atoms with E-state index in [-0.39, 0.29) is 11.5 Å². The van der Waals surface area contributed by atoms with Gasteiger partial charge in [-0.2, -0.15) is 0 Å². The van der Waals surface area contributed by atoms with E-state index in [0.717, 1.165) is 22.2 Å². The maximum absolute atomic E-state index is 12.6. The summed E-state index contributed by atoms with van der Waals surface area (Å²) < 4.78 is 15.9. The molecule has 1 heterocycles. The Morgan fingerprint density at radius 2 is 1.84 bits per heavy atom. The summed E-state index contributed by atoms with van der Waals surface area (Å²) in [4.78, 5) is 37.7.